The maximum Gasteiger partial charge on any atom is 0.258 e. The van der Waals surface area contributed by atoms with E-state index in [9.17, 15) is 9.18 Å². The van der Waals surface area contributed by atoms with E-state index in [0.29, 0.717) is 17.2 Å². The smallest absolute Gasteiger partial charge is 0.258 e. The molecule has 0 saturated heterocycles. The molecule has 108 valence electrons. The number of hydrogen-bond acceptors (Lipinski definition) is 5. The number of ether oxygens (including phenoxy) is 2. The van der Waals surface area contributed by atoms with Gasteiger partial charge in [-0.1, -0.05) is 6.07 Å². The Bertz CT molecular complexity index is 734. The van der Waals surface area contributed by atoms with Gasteiger partial charge in [0.25, 0.3) is 11.9 Å². The zero-order valence-electron chi connectivity index (χ0n) is 11.4. The van der Waals surface area contributed by atoms with Gasteiger partial charge in [-0.15, -0.1) is 0 Å². The third kappa shape index (κ3) is 2.03. The highest BCUT2D eigenvalue weighted by molar-refractivity contribution is 6.02. The van der Waals surface area contributed by atoms with Crippen LogP contribution in [0.2, 0.25) is 0 Å². The van der Waals surface area contributed by atoms with Crippen LogP contribution in [0.3, 0.4) is 0 Å². The van der Waals surface area contributed by atoms with Crippen LogP contribution in [0, 0.1) is 5.95 Å². The van der Waals surface area contributed by atoms with Gasteiger partial charge in [0, 0.05) is 13.2 Å². The Morgan fingerprint density at radius 3 is 2.95 bits per heavy atom. The first kappa shape index (κ1) is 13.2. The molecule has 2 heterocycles. The van der Waals surface area contributed by atoms with E-state index in [1.165, 1.54) is 14.2 Å². The van der Waals surface area contributed by atoms with Crippen molar-refractivity contribution in [2.45, 2.75) is 0 Å². The standard InChI is InChI=1S/C14H12FN3O3/c1-16-14(19)7-6-17-13(15)12-10(7)18-11-8(20-2)4-3-5-9(11)21-12/h3-6,18H,1-2H3,(H,16,19). The molecule has 1 aromatic carbocycles. The molecule has 1 amide bonds. The maximum absolute atomic E-state index is 13.9. The molecular weight excluding hydrogens is 277 g/mol. The number of carbonyl (C=O) groups excluding carboxylic acids is 1. The lowest BCUT2D eigenvalue weighted by Gasteiger charge is -2.24. The Kier molecular flexibility index (Phi) is 3.09. The van der Waals surface area contributed by atoms with Gasteiger partial charge in [0.05, 0.1) is 12.7 Å². The first-order chi connectivity index (χ1) is 10.2. The van der Waals surface area contributed by atoms with Crippen molar-refractivity contribution in [1.29, 1.82) is 0 Å². The van der Waals surface area contributed by atoms with Crippen LogP contribution in [0.4, 0.5) is 15.8 Å². The van der Waals surface area contributed by atoms with Crippen LogP contribution < -0.4 is 20.1 Å². The van der Waals surface area contributed by atoms with E-state index in [1.807, 2.05) is 0 Å². The van der Waals surface area contributed by atoms with Gasteiger partial charge < -0.3 is 20.1 Å². The Morgan fingerprint density at radius 1 is 1.43 bits per heavy atom. The van der Waals surface area contributed by atoms with E-state index >= 15 is 0 Å². The maximum atomic E-state index is 13.9. The molecule has 0 atom stereocenters. The molecule has 21 heavy (non-hydrogen) atoms. The number of halogens is 1. The van der Waals surface area contributed by atoms with Crippen molar-refractivity contribution in [2.75, 3.05) is 19.5 Å². The highest BCUT2D eigenvalue weighted by Gasteiger charge is 2.28. The van der Waals surface area contributed by atoms with Crippen LogP contribution in [-0.2, 0) is 0 Å². The number of hydrogen-bond donors (Lipinski definition) is 2. The minimum Gasteiger partial charge on any atom is -0.494 e. The number of para-hydroxylation sites is 1. The average Bonchev–Trinajstić information content (AvgIpc) is 2.52. The molecule has 0 bridgehead atoms. The van der Waals surface area contributed by atoms with Crippen molar-refractivity contribution < 1.29 is 18.7 Å². The molecular formula is C14H12FN3O3. The minimum atomic E-state index is -0.793. The van der Waals surface area contributed by atoms with E-state index in [1.54, 1.807) is 18.2 Å². The quantitative estimate of drug-likeness (QED) is 0.709. The second-order valence-electron chi connectivity index (χ2n) is 4.31. The van der Waals surface area contributed by atoms with Crippen molar-refractivity contribution in [3.63, 3.8) is 0 Å². The van der Waals surface area contributed by atoms with E-state index in [4.69, 9.17) is 9.47 Å². The lowest BCUT2D eigenvalue weighted by atomic mass is 10.1. The van der Waals surface area contributed by atoms with E-state index < -0.39 is 11.9 Å². The zero-order valence-corrected chi connectivity index (χ0v) is 11.4. The lowest BCUT2D eigenvalue weighted by Crippen LogP contribution is -2.21. The van der Waals surface area contributed by atoms with Gasteiger partial charge in [0.1, 0.15) is 17.1 Å². The Balaban J connectivity index is 2.17. The molecule has 0 unspecified atom stereocenters. The first-order valence-corrected chi connectivity index (χ1v) is 6.18. The number of amides is 1. The van der Waals surface area contributed by atoms with E-state index in [-0.39, 0.29) is 17.0 Å². The normalized spacial score (nSPS) is 11.6. The van der Waals surface area contributed by atoms with Gasteiger partial charge in [-0.05, 0) is 12.1 Å². The predicted molar refractivity (Wildman–Crippen MR) is 73.9 cm³/mol. The number of nitrogens with zero attached hydrogens (tertiary/aromatic N) is 1. The summed E-state index contributed by atoms with van der Waals surface area (Å²) in [6.45, 7) is 0. The van der Waals surface area contributed by atoms with Crippen LogP contribution in [0.5, 0.6) is 17.2 Å². The summed E-state index contributed by atoms with van der Waals surface area (Å²) in [4.78, 5) is 15.4. The number of benzene rings is 1. The van der Waals surface area contributed by atoms with Gasteiger partial charge in [-0.3, -0.25) is 4.79 Å². The Morgan fingerprint density at radius 2 is 2.24 bits per heavy atom. The molecule has 6 nitrogen and oxygen atoms in total. The van der Waals surface area contributed by atoms with Crippen LogP contribution in [0.15, 0.2) is 24.4 Å². The minimum absolute atomic E-state index is 0.114. The largest absolute Gasteiger partial charge is 0.494 e. The summed E-state index contributed by atoms with van der Waals surface area (Å²) in [5, 5.41) is 5.47. The molecule has 1 aliphatic heterocycles. The number of aromatic nitrogens is 1. The van der Waals surface area contributed by atoms with Crippen molar-refractivity contribution in [3.8, 4) is 17.2 Å². The highest BCUT2D eigenvalue weighted by atomic mass is 19.1. The number of carbonyl (C=O) groups is 1. The molecule has 2 aromatic rings. The van der Waals surface area contributed by atoms with Gasteiger partial charge in [0.15, 0.2) is 5.75 Å². The van der Waals surface area contributed by atoms with Gasteiger partial charge >= 0.3 is 0 Å². The summed E-state index contributed by atoms with van der Waals surface area (Å²) in [6.07, 6.45) is 1.16. The molecule has 0 saturated carbocycles. The SMILES string of the molecule is CNC(=O)c1cnc(F)c2c1Nc1c(OC)cccc1O2. The fraction of sp³-hybridized carbons (Fsp3) is 0.143. The summed E-state index contributed by atoms with van der Waals surface area (Å²) in [7, 11) is 3.00. The third-order valence-corrected chi connectivity index (χ3v) is 3.13. The topological polar surface area (TPSA) is 72.5 Å². The molecule has 0 spiro atoms. The van der Waals surface area contributed by atoms with Crippen molar-refractivity contribution >= 4 is 17.3 Å². The van der Waals surface area contributed by atoms with Crippen LogP contribution >= 0.6 is 0 Å². The fourth-order valence-electron chi connectivity index (χ4n) is 2.12. The molecule has 1 aliphatic rings. The van der Waals surface area contributed by atoms with Crippen molar-refractivity contribution in [2.24, 2.45) is 0 Å². The van der Waals surface area contributed by atoms with Crippen LogP contribution in [0.25, 0.3) is 0 Å². The molecule has 3 rings (SSSR count). The fourth-order valence-corrected chi connectivity index (χ4v) is 2.12. The number of nitrogens with one attached hydrogen (secondary N) is 2. The number of fused-ring (bicyclic) bond motifs is 2. The highest BCUT2D eigenvalue weighted by Crippen LogP contribution is 2.47. The van der Waals surface area contributed by atoms with Crippen LogP contribution in [-0.4, -0.2) is 25.0 Å². The molecule has 1 aromatic heterocycles. The molecule has 0 aliphatic carbocycles. The zero-order chi connectivity index (χ0) is 15.0. The second kappa shape index (κ2) is 4.93. The summed E-state index contributed by atoms with van der Waals surface area (Å²) in [6, 6.07) is 5.12. The van der Waals surface area contributed by atoms with Gasteiger partial charge in [-0.25, -0.2) is 4.98 Å². The average molecular weight is 289 g/mol. The summed E-state index contributed by atoms with van der Waals surface area (Å²) in [5.41, 5.74) is 0.938. The molecule has 2 N–H and O–H groups in total. The summed E-state index contributed by atoms with van der Waals surface area (Å²) >= 11 is 0. The Labute approximate surface area is 119 Å². The van der Waals surface area contributed by atoms with Gasteiger partial charge in [-0.2, -0.15) is 4.39 Å². The third-order valence-electron chi connectivity index (χ3n) is 3.13. The Hall–Kier alpha value is -2.83. The molecule has 7 heteroatoms. The number of rotatable bonds is 2. The molecule has 0 fully saturated rings. The summed E-state index contributed by atoms with van der Waals surface area (Å²) < 4.78 is 24.6. The van der Waals surface area contributed by atoms with Crippen molar-refractivity contribution in [1.82, 2.24) is 10.3 Å². The molecule has 0 radical (unpaired) electrons. The monoisotopic (exact) mass is 289 g/mol. The second-order valence-corrected chi connectivity index (χ2v) is 4.31. The van der Waals surface area contributed by atoms with Crippen LogP contribution in [0.1, 0.15) is 10.4 Å². The first-order valence-electron chi connectivity index (χ1n) is 6.18. The summed E-state index contributed by atoms with van der Waals surface area (Å²) in [5.74, 6) is -0.376. The van der Waals surface area contributed by atoms with Gasteiger partial charge in [0.2, 0.25) is 5.75 Å². The number of anilines is 2. The number of methoxy groups -OCH3 is 1. The lowest BCUT2D eigenvalue weighted by molar-refractivity contribution is 0.0963. The predicted octanol–water partition coefficient (Wildman–Crippen LogP) is 2.44. The van der Waals surface area contributed by atoms with Crippen molar-refractivity contribution in [3.05, 3.63) is 35.9 Å². The van der Waals surface area contributed by atoms with E-state index in [0.717, 1.165) is 6.20 Å². The number of pyridine rings is 1. The van der Waals surface area contributed by atoms with E-state index in [2.05, 4.69) is 15.6 Å².